The van der Waals surface area contributed by atoms with Gasteiger partial charge >= 0.3 is 5.97 Å². The van der Waals surface area contributed by atoms with E-state index in [0.717, 1.165) is 11.1 Å². The van der Waals surface area contributed by atoms with Crippen LogP contribution in [0.5, 0.6) is 0 Å². The van der Waals surface area contributed by atoms with Crippen molar-refractivity contribution in [3.8, 4) is 0 Å². The van der Waals surface area contributed by atoms with E-state index in [9.17, 15) is 29.4 Å². The Kier molecular flexibility index (Phi) is 9.54. The van der Waals surface area contributed by atoms with E-state index in [0.29, 0.717) is 25.8 Å². The van der Waals surface area contributed by atoms with Crippen LogP contribution in [-0.2, 0) is 32.0 Å². The largest absolute Gasteiger partial charge is 0.480 e. The molecule has 0 radical (unpaired) electrons. The second-order valence-corrected chi connectivity index (χ2v) is 8.82. The predicted octanol–water partition coefficient (Wildman–Crippen LogP) is -0.163. The third-order valence-corrected chi connectivity index (χ3v) is 6.17. The summed E-state index contributed by atoms with van der Waals surface area (Å²) in [5, 5.41) is 23.4. The first-order chi connectivity index (χ1) is 17.3. The number of hydrogen-bond donors (Lipinski definition) is 5. The molecule has 0 aliphatic carbocycles. The Morgan fingerprint density at radius 3 is 2.06 bits per heavy atom. The van der Waals surface area contributed by atoms with Gasteiger partial charge in [0.2, 0.25) is 17.7 Å². The molecule has 1 fully saturated rings. The average molecular weight is 497 g/mol. The lowest BCUT2D eigenvalue weighted by Crippen LogP contribution is -2.57. The minimum Gasteiger partial charge on any atom is -0.480 e. The van der Waals surface area contributed by atoms with E-state index >= 15 is 0 Å². The molecule has 6 N–H and O–H groups in total. The highest BCUT2D eigenvalue weighted by molar-refractivity contribution is 5.94. The molecule has 192 valence electrons. The summed E-state index contributed by atoms with van der Waals surface area (Å²) in [5.41, 5.74) is 7.84. The summed E-state index contributed by atoms with van der Waals surface area (Å²) >= 11 is 0. The maximum atomic E-state index is 13.2. The molecule has 3 rings (SSSR count). The number of carbonyl (C=O) groups is 4. The number of nitrogens with two attached hydrogens (primary N) is 1. The summed E-state index contributed by atoms with van der Waals surface area (Å²) in [5.74, 6) is -2.99. The Bertz CT molecular complexity index is 1050. The predicted molar refractivity (Wildman–Crippen MR) is 132 cm³/mol. The normalized spacial score (nSPS) is 17.6. The lowest BCUT2D eigenvalue weighted by Gasteiger charge is -2.28. The summed E-state index contributed by atoms with van der Waals surface area (Å²) in [4.78, 5) is 52.0. The average Bonchev–Trinajstić information content (AvgIpc) is 3.37. The zero-order valence-electron chi connectivity index (χ0n) is 19.9. The van der Waals surface area contributed by atoms with Crippen molar-refractivity contribution in [2.24, 2.45) is 5.73 Å². The number of aliphatic carboxylic acids is 1. The van der Waals surface area contributed by atoms with Crippen LogP contribution < -0.4 is 16.4 Å². The standard InChI is InChI=1S/C26H32N4O6/c27-19(14-17-8-3-1-4-9-17)25(34)30-13-7-12-22(30)24(33)28-20(15-18-10-5-2-6-11-18)23(32)29-21(16-31)26(35)36/h1-6,8-11,19-22,31H,7,12-16,27H2,(H,28,33)(H,29,32)(H,35,36). The highest BCUT2D eigenvalue weighted by Gasteiger charge is 2.38. The Morgan fingerprint density at radius 1 is 0.917 bits per heavy atom. The number of hydrogen-bond acceptors (Lipinski definition) is 6. The molecular weight excluding hydrogens is 464 g/mol. The lowest BCUT2D eigenvalue weighted by molar-refractivity contribution is -0.144. The Hall–Kier alpha value is -3.76. The zero-order chi connectivity index (χ0) is 26.1. The fraction of sp³-hybridized carbons (Fsp3) is 0.385. The van der Waals surface area contributed by atoms with Crippen LogP contribution in [0.25, 0.3) is 0 Å². The van der Waals surface area contributed by atoms with Crippen LogP contribution in [0.3, 0.4) is 0 Å². The molecule has 1 saturated heterocycles. The summed E-state index contributed by atoms with van der Waals surface area (Å²) in [6, 6.07) is 14.1. The van der Waals surface area contributed by atoms with Crippen molar-refractivity contribution >= 4 is 23.7 Å². The molecule has 10 heteroatoms. The minimum absolute atomic E-state index is 0.102. The van der Waals surface area contributed by atoms with E-state index in [1.54, 1.807) is 24.3 Å². The Morgan fingerprint density at radius 2 is 1.50 bits per heavy atom. The summed E-state index contributed by atoms with van der Waals surface area (Å²) in [6.45, 7) is -0.419. The van der Waals surface area contributed by atoms with Crippen LogP contribution in [0.2, 0.25) is 0 Å². The first-order valence-electron chi connectivity index (χ1n) is 11.9. The number of amides is 3. The topological polar surface area (TPSA) is 162 Å². The second-order valence-electron chi connectivity index (χ2n) is 8.82. The molecule has 1 heterocycles. The molecule has 0 bridgehead atoms. The molecule has 0 aromatic heterocycles. The van der Waals surface area contributed by atoms with Crippen LogP contribution in [0, 0.1) is 0 Å². The third kappa shape index (κ3) is 7.12. The molecular formula is C26H32N4O6. The van der Waals surface area contributed by atoms with Gasteiger partial charge in [-0.25, -0.2) is 4.79 Å². The van der Waals surface area contributed by atoms with Crippen molar-refractivity contribution in [1.82, 2.24) is 15.5 Å². The Labute approximate surface area is 209 Å². The number of nitrogens with zero attached hydrogens (tertiary/aromatic N) is 1. The number of carboxylic acids is 1. The number of rotatable bonds is 11. The summed E-state index contributed by atoms with van der Waals surface area (Å²) < 4.78 is 0. The molecule has 3 amide bonds. The van der Waals surface area contributed by atoms with Crippen LogP contribution in [0.1, 0.15) is 24.0 Å². The van der Waals surface area contributed by atoms with Gasteiger partial charge in [-0.1, -0.05) is 60.7 Å². The van der Waals surface area contributed by atoms with Crippen LogP contribution in [0.4, 0.5) is 0 Å². The number of likely N-dealkylation sites (tertiary alicyclic amines) is 1. The van der Waals surface area contributed by atoms with Gasteiger partial charge < -0.3 is 31.5 Å². The van der Waals surface area contributed by atoms with Crippen molar-refractivity contribution in [2.45, 2.75) is 49.9 Å². The summed E-state index contributed by atoms with van der Waals surface area (Å²) in [7, 11) is 0. The van der Waals surface area contributed by atoms with E-state index in [1.807, 2.05) is 36.4 Å². The molecule has 36 heavy (non-hydrogen) atoms. The molecule has 10 nitrogen and oxygen atoms in total. The SMILES string of the molecule is NC(Cc1ccccc1)C(=O)N1CCCC1C(=O)NC(Cc1ccccc1)C(=O)NC(CO)C(=O)O. The number of carbonyl (C=O) groups excluding carboxylic acids is 3. The zero-order valence-corrected chi connectivity index (χ0v) is 19.9. The second kappa shape index (κ2) is 12.8. The monoisotopic (exact) mass is 496 g/mol. The van der Waals surface area contributed by atoms with Gasteiger partial charge in [0.25, 0.3) is 0 Å². The number of nitrogens with one attached hydrogen (secondary N) is 2. The highest BCUT2D eigenvalue weighted by Crippen LogP contribution is 2.20. The maximum absolute atomic E-state index is 13.2. The van der Waals surface area contributed by atoms with Gasteiger partial charge in [0, 0.05) is 13.0 Å². The third-order valence-electron chi connectivity index (χ3n) is 6.17. The van der Waals surface area contributed by atoms with Crippen molar-refractivity contribution in [2.75, 3.05) is 13.2 Å². The number of benzene rings is 2. The van der Waals surface area contributed by atoms with Gasteiger partial charge in [0.05, 0.1) is 12.6 Å². The van der Waals surface area contributed by atoms with Gasteiger partial charge in [0.15, 0.2) is 0 Å². The summed E-state index contributed by atoms with van der Waals surface area (Å²) in [6.07, 6.45) is 1.47. The van der Waals surface area contributed by atoms with E-state index in [4.69, 9.17) is 5.73 Å². The van der Waals surface area contributed by atoms with Crippen LogP contribution in [0.15, 0.2) is 60.7 Å². The van der Waals surface area contributed by atoms with Crippen molar-refractivity contribution in [1.29, 1.82) is 0 Å². The Balaban J connectivity index is 1.71. The lowest BCUT2D eigenvalue weighted by atomic mass is 10.0. The molecule has 4 unspecified atom stereocenters. The molecule has 2 aromatic rings. The van der Waals surface area contributed by atoms with Gasteiger partial charge in [-0.3, -0.25) is 14.4 Å². The van der Waals surface area contributed by atoms with E-state index < -0.39 is 48.6 Å². The molecule has 2 aromatic carbocycles. The van der Waals surface area contributed by atoms with Crippen molar-refractivity contribution in [3.63, 3.8) is 0 Å². The number of aliphatic hydroxyl groups is 1. The quantitative estimate of drug-likeness (QED) is 0.289. The van der Waals surface area contributed by atoms with Crippen LogP contribution in [-0.4, -0.2) is 76.1 Å². The van der Waals surface area contributed by atoms with Crippen molar-refractivity contribution in [3.05, 3.63) is 71.8 Å². The van der Waals surface area contributed by atoms with Gasteiger partial charge in [-0.05, 0) is 30.4 Å². The first-order valence-corrected chi connectivity index (χ1v) is 11.9. The van der Waals surface area contributed by atoms with Crippen LogP contribution >= 0.6 is 0 Å². The van der Waals surface area contributed by atoms with Gasteiger partial charge in [0.1, 0.15) is 18.1 Å². The fourth-order valence-electron chi connectivity index (χ4n) is 4.26. The smallest absolute Gasteiger partial charge is 0.328 e. The van der Waals surface area contributed by atoms with E-state index in [-0.39, 0.29) is 12.3 Å². The van der Waals surface area contributed by atoms with Gasteiger partial charge in [-0.15, -0.1) is 0 Å². The number of carboxylic acid groups (broad SMARTS) is 1. The first kappa shape index (κ1) is 26.8. The van der Waals surface area contributed by atoms with E-state index in [2.05, 4.69) is 10.6 Å². The molecule has 0 saturated carbocycles. The maximum Gasteiger partial charge on any atom is 0.328 e. The molecule has 0 spiro atoms. The fourth-order valence-corrected chi connectivity index (χ4v) is 4.26. The number of aliphatic hydroxyl groups excluding tert-OH is 1. The van der Waals surface area contributed by atoms with Gasteiger partial charge in [-0.2, -0.15) is 0 Å². The van der Waals surface area contributed by atoms with E-state index in [1.165, 1.54) is 4.90 Å². The minimum atomic E-state index is -1.51. The molecule has 4 atom stereocenters. The molecule has 1 aliphatic rings. The highest BCUT2D eigenvalue weighted by atomic mass is 16.4. The van der Waals surface area contributed by atoms with Crippen molar-refractivity contribution < 1.29 is 29.4 Å². The molecule has 1 aliphatic heterocycles.